The summed E-state index contributed by atoms with van der Waals surface area (Å²) in [6, 6.07) is 0. The third-order valence-electron chi connectivity index (χ3n) is 2.57. The van der Waals surface area contributed by atoms with Gasteiger partial charge in [-0.15, -0.1) is 6.58 Å². The van der Waals surface area contributed by atoms with E-state index >= 15 is 0 Å². The largest absolute Gasteiger partial charge is 0.386 e. The Morgan fingerprint density at radius 1 is 1.77 bits per heavy atom. The van der Waals surface area contributed by atoms with Crippen molar-refractivity contribution in [3.63, 3.8) is 0 Å². The predicted octanol–water partition coefficient (Wildman–Crippen LogP) is 1.47. The van der Waals surface area contributed by atoms with E-state index in [2.05, 4.69) is 6.58 Å². The van der Waals surface area contributed by atoms with E-state index in [4.69, 9.17) is 9.47 Å². The summed E-state index contributed by atoms with van der Waals surface area (Å²) in [6.45, 7) is 5.44. The number of aliphatic hydroxyl groups excluding tert-OH is 1. The van der Waals surface area contributed by atoms with Gasteiger partial charge in [0.1, 0.15) is 0 Å². The minimum absolute atomic E-state index is 0.170. The molecule has 3 heteroatoms. The summed E-state index contributed by atoms with van der Waals surface area (Å²) in [7, 11) is 1.63. The third kappa shape index (κ3) is 2.53. The SMILES string of the molecule is C=C[C@@H](O)[C@H]1CCCC(C)(OC)O1. The Kier molecular flexibility index (Phi) is 3.47. The molecule has 0 radical (unpaired) electrons. The van der Waals surface area contributed by atoms with Gasteiger partial charge in [0, 0.05) is 13.5 Å². The van der Waals surface area contributed by atoms with E-state index < -0.39 is 11.9 Å². The molecular weight excluding hydrogens is 168 g/mol. The number of methoxy groups -OCH3 is 1. The zero-order valence-electron chi connectivity index (χ0n) is 8.32. The maximum atomic E-state index is 9.51. The van der Waals surface area contributed by atoms with E-state index in [0.717, 1.165) is 19.3 Å². The smallest absolute Gasteiger partial charge is 0.165 e. The molecule has 13 heavy (non-hydrogen) atoms. The third-order valence-corrected chi connectivity index (χ3v) is 2.57. The van der Waals surface area contributed by atoms with Crippen LogP contribution in [-0.4, -0.2) is 30.2 Å². The summed E-state index contributed by atoms with van der Waals surface area (Å²) < 4.78 is 10.9. The summed E-state index contributed by atoms with van der Waals surface area (Å²) in [5.41, 5.74) is 0. The van der Waals surface area contributed by atoms with Gasteiger partial charge in [-0.05, 0) is 19.8 Å². The molecule has 0 aromatic heterocycles. The van der Waals surface area contributed by atoms with Crippen LogP contribution in [0.15, 0.2) is 12.7 Å². The summed E-state index contributed by atoms with van der Waals surface area (Å²) in [4.78, 5) is 0. The second-order valence-electron chi connectivity index (χ2n) is 3.61. The first-order valence-electron chi connectivity index (χ1n) is 4.65. The lowest BCUT2D eigenvalue weighted by Crippen LogP contribution is -2.43. The fourth-order valence-corrected chi connectivity index (χ4v) is 1.60. The molecule has 3 atom stereocenters. The predicted molar refractivity (Wildman–Crippen MR) is 50.3 cm³/mol. The zero-order chi connectivity index (χ0) is 9.90. The molecule has 76 valence electrons. The van der Waals surface area contributed by atoms with Gasteiger partial charge in [0.15, 0.2) is 5.79 Å². The summed E-state index contributed by atoms with van der Waals surface area (Å²) in [5.74, 6) is -0.535. The highest BCUT2D eigenvalue weighted by molar-refractivity contribution is 4.88. The molecule has 0 saturated carbocycles. The van der Waals surface area contributed by atoms with Gasteiger partial charge in [0.25, 0.3) is 0 Å². The lowest BCUT2D eigenvalue weighted by Gasteiger charge is -2.38. The van der Waals surface area contributed by atoms with E-state index in [0.29, 0.717) is 0 Å². The Bertz CT molecular complexity index is 181. The van der Waals surface area contributed by atoms with Crippen LogP contribution in [0, 0.1) is 0 Å². The molecule has 0 bridgehead atoms. The van der Waals surface area contributed by atoms with E-state index in [1.807, 2.05) is 6.92 Å². The molecule has 1 N–H and O–H groups in total. The monoisotopic (exact) mass is 186 g/mol. The summed E-state index contributed by atoms with van der Waals surface area (Å²) in [5, 5.41) is 9.51. The van der Waals surface area contributed by atoms with Crippen LogP contribution in [-0.2, 0) is 9.47 Å². The normalized spacial score (nSPS) is 37.0. The molecule has 0 aromatic rings. The highest BCUT2D eigenvalue weighted by Gasteiger charge is 2.34. The minimum Gasteiger partial charge on any atom is -0.386 e. The number of rotatable bonds is 3. The molecule has 1 fully saturated rings. The fraction of sp³-hybridized carbons (Fsp3) is 0.800. The average Bonchev–Trinajstić information content (AvgIpc) is 2.17. The van der Waals surface area contributed by atoms with Crippen molar-refractivity contribution in [3.8, 4) is 0 Å². The molecule has 0 aliphatic carbocycles. The molecule has 3 nitrogen and oxygen atoms in total. The van der Waals surface area contributed by atoms with Gasteiger partial charge in [-0.25, -0.2) is 0 Å². The molecule has 1 rings (SSSR count). The Labute approximate surface area is 79.3 Å². The van der Waals surface area contributed by atoms with Crippen LogP contribution in [0.1, 0.15) is 26.2 Å². The van der Waals surface area contributed by atoms with Gasteiger partial charge in [-0.3, -0.25) is 0 Å². The number of hydrogen-bond acceptors (Lipinski definition) is 3. The van der Waals surface area contributed by atoms with Crippen LogP contribution < -0.4 is 0 Å². The molecule has 0 aromatic carbocycles. The van der Waals surface area contributed by atoms with Gasteiger partial charge in [0.2, 0.25) is 0 Å². The van der Waals surface area contributed by atoms with Crippen molar-refractivity contribution in [2.75, 3.05) is 7.11 Å². The Hall–Kier alpha value is -0.380. The summed E-state index contributed by atoms with van der Waals surface area (Å²) in [6.07, 6.45) is 3.51. The van der Waals surface area contributed by atoms with Crippen molar-refractivity contribution >= 4 is 0 Å². The van der Waals surface area contributed by atoms with Crippen molar-refractivity contribution in [1.82, 2.24) is 0 Å². The molecule has 0 amide bonds. The molecule has 0 spiro atoms. The van der Waals surface area contributed by atoms with E-state index in [-0.39, 0.29) is 6.10 Å². The van der Waals surface area contributed by atoms with Crippen molar-refractivity contribution in [2.24, 2.45) is 0 Å². The quantitative estimate of drug-likeness (QED) is 0.678. The lowest BCUT2D eigenvalue weighted by molar-refractivity contribution is -0.268. The molecule has 1 saturated heterocycles. The van der Waals surface area contributed by atoms with Gasteiger partial charge in [-0.2, -0.15) is 0 Å². The van der Waals surface area contributed by atoms with Crippen molar-refractivity contribution in [3.05, 3.63) is 12.7 Å². The van der Waals surface area contributed by atoms with Crippen molar-refractivity contribution in [1.29, 1.82) is 0 Å². The molecule has 1 aliphatic heterocycles. The Balaban J connectivity index is 2.55. The Morgan fingerprint density at radius 3 is 3.00 bits per heavy atom. The van der Waals surface area contributed by atoms with Crippen LogP contribution in [0.2, 0.25) is 0 Å². The van der Waals surface area contributed by atoms with Gasteiger partial charge < -0.3 is 14.6 Å². The first-order valence-corrected chi connectivity index (χ1v) is 4.65. The van der Waals surface area contributed by atoms with Crippen LogP contribution in [0.4, 0.5) is 0 Å². The van der Waals surface area contributed by atoms with E-state index in [9.17, 15) is 5.11 Å². The van der Waals surface area contributed by atoms with Crippen LogP contribution in [0.5, 0.6) is 0 Å². The van der Waals surface area contributed by atoms with E-state index in [1.54, 1.807) is 7.11 Å². The number of hydrogen-bond donors (Lipinski definition) is 1. The molecular formula is C10H18O3. The number of aliphatic hydroxyl groups is 1. The maximum Gasteiger partial charge on any atom is 0.165 e. The van der Waals surface area contributed by atoms with Crippen LogP contribution in [0.25, 0.3) is 0 Å². The second-order valence-corrected chi connectivity index (χ2v) is 3.61. The maximum absolute atomic E-state index is 9.51. The fourth-order valence-electron chi connectivity index (χ4n) is 1.60. The van der Waals surface area contributed by atoms with E-state index in [1.165, 1.54) is 6.08 Å². The lowest BCUT2D eigenvalue weighted by atomic mass is 9.99. The average molecular weight is 186 g/mol. The molecule has 1 unspecified atom stereocenters. The molecule has 1 aliphatic rings. The first-order chi connectivity index (χ1) is 6.11. The van der Waals surface area contributed by atoms with Gasteiger partial charge >= 0.3 is 0 Å². The highest BCUT2D eigenvalue weighted by atomic mass is 16.7. The summed E-state index contributed by atoms with van der Waals surface area (Å²) >= 11 is 0. The zero-order valence-corrected chi connectivity index (χ0v) is 8.32. The topological polar surface area (TPSA) is 38.7 Å². The standard InChI is InChI=1S/C10H18O3/c1-4-8(11)9-6-5-7-10(2,12-3)13-9/h4,8-9,11H,1,5-7H2,2-3H3/t8-,9-,10?/m1/s1. The highest BCUT2D eigenvalue weighted by Crippen LogP contribution is 2.30. The van der Waals surface area contributed by atoms with Gasteiger partial charge in [-0.1, -0.05) is 6.08 Å². The van der Waals surface area contributed by atoms with Crippen LogP contribution >= 0.6 is 0 Å². The van der Waals surface area contributed by atoms with Crippen LogP contribution in [0.3, 0.4) is 0 Å². The minimum atomic E-state index is -0.588. The number of ether oxygens (including phenoxy) is 2. The van der Waals surface area contributed by atoms with Crippen molar-refractivity contribution < 1.29 is 14.6 Å². The molecule has 1 heterocycles. The van der Waals surface area contributed by atoms with Gasteiger partial charge in [0.05, 0.1) is 12.2 Å². The first kappa shape index (κ1) is 10.7. The Morgan fingerprint density at radius 2 is 2.46 bits per heavy atom. The second kappa shape index (κ2) is 4.22. The van der Waals surface area contributed by atoms with Crippen molar-refractivity contribution in [2.45, 2.75) is 44.2 Å².